The van der Waals surface area contributed by atoms with E-state index in [4.69, 9.17) is 0 Å². The SMILES string of the molecule is O=C(O)C[C@H]1Cc2ccccc2N1C(=O)[C@H](Cc1ccccc1)NC(=O)c1cc2ccccc2[nH]1. The topological polar surface area (TPSA) is 102 Å². The number of amides is 2. The molecule has 1 aliphatic heterocycles. The molecule has 7 nitrogen and oxygen atoms in total. The molecule has 35 heavy (non-hydrogen) atoms. The number of carboxylic acids is 1. The van der Waals surface area contributed by atoms with Crippen molar-refractivity contribution in [2.24, 2.45) is 0 Å². The summed E-state index contributed by atoms with van der Waals surface area (Å²) in [6, 6.07) is 24.9. The van der Waals surface area contributed by atoms with E-state index in [1.165, 1.54) is 0 Å². The Balaban J connectivity index is 1.47. The van der Waals surface area contributed by atoms with Gasteiger partial charge in [-0.1, -0.05) is 66.7 Å². The van der Waals surface area contributed by atoms with E-state index in [2.05, 4.69) is 10.3 Å². The van der Waals surface area contributed by atoms with E-state index in [1.54, 1.807) is 11.0 Å². The highest BCUT2D eigenvalue weighted by molar-refractivity contribution is 6.05. The second-order valence-corrected chi connectivity index (χ2v) is 8.78. The summed E-state index contributed by atoms with van der Waals surface area (Å²) in [5.74, 6) is -1.69. The van der Waals surface area contributed by atoms with Crippen LogP contribution in [0, 0.1) is 0 Å². The molecule has 4 aromatic rings. The summed E-state index contributed by atoms with van der Waals surface area (Å²) in [4.78, 5) is 43.4. The number of para-hydroxylation sites is 2. The number of hydrogen-bond donors (Lipinski definition) is 3. The summed E-state index contributed by atoms with van der Waals surface area (Å²) in [6.07, 6.45) is 0.570. The number of carbonyl (C=O) groups excluding carboxylic acids is 2. The second-order valence-electron chi connectivity index (χ2n) is 8.78. The van der Waals surface area contributed by atoms with Gasteiger partial charge in [-0.25, -0.2) is 0 Å². The standard InChI is InChI=1S/C28H25N3O4/c32-26(33)17-21-15-20-11-5-7-13-25(20)31(21)28(35)24(14-18-8-2-1-3-9-18)30-27(34)23-16-19-10-4-6-12-22(19)29-23/h1-13,16,21,24,29H,14-15,17H2,(H,30,34)(H,32,33)/t21-,24+/m1/s1. The van der Waals surface area contributed by atoms with Crippen LogP contribution in [0.3, 0.4) is 0 Å². The lowest BCUT2D eigenvalue weighted by atomic mass is 10.0. The lowest BCUT2D eigenvalue weighted by molar-refractivity contribution is -0.137. The van der Waals surface area contributed by atoms with Gasteiger partial charge in [-0.15, -0.1) is 0 Å². The molecule has 176 valence electrons. The van der Waals surface area contributed by atoms with Crippen LogP contribution in [0.4, 0.5) is 5.69 Å². The summed E-state index contributed by atoms with van der Waals surface area (Å²) in [7, 11) is 0. The maximum absolute atomic E-state index is 14.0. The minimum atomic E-state index is -0.970. The Morgan fingerprint density at radius 2 is 1.69 bits per heavy atom. The number of fused-ring (bicyclic) bond motifs is 2. The van der Waals surface area contributed by atoms with Crippen LogP contribution in [-0.4, -0.2) is 40.0 Å². The molecule has 0 unspecified atom stereocenters. The van der Waals surface area contributed by atoms with E-state index in [0.29, 0.717) is 17.8 Å². The monoisotopic (exact) mass is 467 g/mol. The summed E-state index contributed by atoms with van der Waals surface area (Å²) < 4.78 is 0. The van der Waals surface area contributed by atoms with Crippen LogP contribution in [0.5, 0.6) is 0 Å². The average Bonchev–Trinajstić information content (AvgIpc) is 3.44. The number of hydrogen-bond acceptors (Lipinski definition) is 3. The molecule has 1 aromatic heterocycles. The van der Waals surface area contributed by atoms with Crippen molar-refractivity contribution in [2.75, 3.05) is 4.90 Å². The maximum Gasteiger partial charge on any atom is 0.305 e. The number of benzene rings is 3. The summed E-state index contributed by atoms with van der Waals surface area (Å²) in [6.45, 7) is 0. The molecule has 7 heteroatoms. The van der Waals surface area contributed by atoms with Crippen molar-refractivity contribution in [3.05, 3.63) is 102 Å². The zero-order chi connectivity index (χ0) is 24.4. The molecule has 0 bridgehead atoms. The first-order valence-corrected chi connectivity index (χ1v) is 11.5. The smallest absolute Gasteiger partial charge is 0.305 e. The molecule has 0 saturated carbocycles. The first-order chi connectivity index (χ1) is 17.0. The van der Waals surface area contributed by atoms with Crippen molar-refractivity contribution in [1.29, 1.82) is 0 Å². The van der Waals surface area contributed by atoms with Crippen LogP contribution in [0.2, 0.25) is 0 Å². The Bertz CT molecular complexity index is 1360. The van der Waals surface area contributed by atoms with Gasteiger partial charge in [0.15, 0.2) is 0 Å². The van der Waals surface area contributed by atoms with Gasteiger partial charge in [-0.2, -0.15) is 0 Å². The van der Waals surface area contributed by atoms with Crippen LogP contribution in [-0.2, 0) is 22.4 Å². The Labute approximate surface area is 202 Å². The molecule has 3 N–H and O–H groups in total. The molecule has 5 rings (SSSR count). The minimum absolute atomic E-state index is 0.172. The largest absolute Gasteiger partial charge is 0.481 e. The van der Waals surface area contributed by atoms with Gasteiger partial charge in [0.05, 0.1) is 12.5 Å². The van der Waals surface area contributed by atoms with E-state index < -0.39 is 24.0 Å². The molecule has 0 aliphatic carbocycles. The van der Waals surface area contributed by atoms with Crippen LogP contribution in [0.15, 0.2) is 84.9 Å². The van der Waals surface area contributed by atoms with Gasteiger partial charge in [0.2, 0.25) is 5.91 Å². The Hall–Kier alpha value is -4.39. The van der Waals surface area contributed by atoms with Gasteiger partial charge in [0, 0.05) is 23.0 Å². The highest BCUT2D eigenvalue weighted by Gasteiger charge is 2.38. The molecule has 2 amide bonds. The zero-order valence-electron chi connectivity index (χ0n) is 19.0. The van der Waals surface area contributed by atoms with E-state index in [9.17, 15) is 19.5 Å². The quantitative estimate of drug-likeness (QED) is 0.383. The fraction of sp³-hybridized carbons (Fsp3) is 0.179. The summed E-state index contributed by atoms with van der Waals surface area (Å²) >= 11 is 0. The van der Waals surface area contributed by atoms with E-state index >= 15 is 0 Å². The van der Waals surface area contributed by atoms with Crippen molar-refractivity contribution in [1.82, 2.24) is 10.3 Å². The third kappa shape index (κ3) is 4.66. The zero-order valence-corrected chi connectivity index (χ0v) is 19.0. The number of anilines is 1. The van der Waals surface area contributed by atoms with E-state index in [0.717, 1.165) is 22.0 Å². The van der Waals surface area contributed by atoms with Gasteiger partial charge < -0.3 is 20.3 Å². The molecular weight excluding hydrogens is 442 g/mol. The van der Waals surface area contributed by atoms with Gasteiger partial charge >= 0.3 is 5.97 Å². The number of H-pyrrole nitrogens is 1. The maximum atomic E-state index is 14.0. The van der Waals surface area contributed by atoms with Gasteiger partial charge in [0.1, 0.15) is 11.7 Å². The first-order valence-electron chi connectivity index (χ1n) is 11.5. The van der Waals surface area contributed by atoms with Crippen LogP contribution in [0.1, 0.15) is 28.0 Å². The fourth-order valence-electron chi connectivity index (χ4n) is 4.77. The average molecular weight is 468 g/mol. The Morgan fingerprint density at radius 1 is 0.971 bits per heavy atom. The summed E-state index contributed by atoms with van der Waals surface area (Å²) in [5.41, 5.74) is 3.71. The normalized spacial score (nSPS) is 15.5. The summed E-state index contributed by atoms with van der Waals surface area (Å²) in [5, 5.41) is 13.3. The molecule has 0 saturated heterocycles. The number of carboxylic acid groups (broad SMARTS) is 1. The second kappa shape index (κ2) is 9.46. The van der Waals surface area contributed by atoms with E-state index in [1.807, 2.05) is 78.9 Å². The first kappa shape index (κ1) is 22.4. The number of carbonyl (C=O) groups is 3. The number of aromatic amines is 1. The van der Waals surface area contributed by atoms with Gasteiger partial charge in [0.25, 0.3) is 5.91 Å². The Morgan fingerprint density at radius 3 is 2.46 bits per heavy atom. The van der Waals surface area contributed by atoms with Crippen molar-refractivity contribution in [2.45, 2.75) is 31.3 Å². The number of aliphatic carboxylic acids is 1. The van der Waals surface area contributed by atoms with Crippen LogP contribution in [0.25, 0.3) is 10.9 Å². The molecular formula is C28H25N3O4. The van der Waals surface area contributed by atoms with Crippen LogP contribution >= 0.6 is 0 Å². The highest BCUT2D eigenvalue weighted by atomic mass is 16.4. The van der Waals surface area contributed by atoms with Crippen molar-refractivity contribution >= 4 is 34.4 Å². The number of aromatic nitrogens is 1. The lowest BCUT2D eigenvalue weighted by Crippen LogP contribution is -2.52. The number of rotatable bonds is 7. The predicted molar refractivity (Wildman–Crippen MR) is 133 cm³/mol. The lowest BCUT2D eigenvalue weighted by Gasteiger charge is -2.29. The van der Waals surface area contributed by atoms with Gasteiger partial charge in [-0.05, 0) is 35.7 Å². The molecule has 0 radical (unpaired) electrons. The van der Waals surface area contributed by atoms with Gasteiger partial charge in [-0.3, -0.25) is 14.4 Å². The van der Waals surface area contributed by atoms with Crippen molar-refractivity contribution in [3.63, 3.8) is 0 Å². The van der Waals surface area contributed by atoms with Crippen molar-refractivity contribution in [3.8, 4) is 0 Å². The highest BCUT2D eigenvalue weighted by Crippen LogP contribution is 2.34. The van der Waals surface area contributed by atoms with Crippen molar-refractivity contribution < 1.29 is 19.5 Å². The molecule has 1 aliphatic rings. The number of nitrogens with zero attached hydrogens (tertiary/aromatic N) is 1. The number of nitrogens with one attached hydrogen (secondary N) is 2. The fourth-order valence-corrected chi connectivity index (χ4v) is 4.77. The molecule has 0 fully saturated rings. The molecule has 2 heterocycles. The predicted octanol–water partition coefficient (Wildman–Crippen LogP) is 3.94. The third-order valence-electron chi connectivity index (χ3n) is 6.38. The molecule has 3 aromatic carbocycles. The van der Waals surface area contributed by atoms with E-state index in [-0.39, 0.29) is 18.7 Å². The third-order valence-corrected chi connectivity index (χ3v) is 6.38. The minimum Gasteiger partial charge on any atom is -0.481 e. The molecule has 0 spiro atoms. The van der Waals surface area contributed by atoms with Crippen LogP contribution < -0.4 is 10.2 Å². The Kier molecular flexibility index (Phi) is 6.06. The molecule has 2 atom stereocenters.